The lowest BCUT2D eigenvalue weighted by Gasteiger charge is -2.23. The molecule has 120 valence electrons. The summed E-state index contributed by atoms with van der Waals surface area (Å²) in [6.45, 7) is 5.45. The molecule has 1 unspecified atom stereocenters. The summed E-state index contributed by atoms with van der Waals surface area (Å²) in [4.78, 5) is 25.6. The Kier molecular flexibility index (Phi) is 5.51. The van der Waals surface area contributed by atoms with Gasteiger partial charge in [-0.3, -0.25) is 15.0 Å². The van der Waals surface area contributed by atoms with Gasteiger partial charge in [-0.2, -0.15) is 0 Å². The molecule has 0 spiro atoms. The molecule has 1 aromatic rings. The van der Waals surface area contributed by atoms with E-state index in [1.807, 2.05) is 23.1 Å². The molecule has 1 aliphatic heterocycles. The fourth-order valence-electron chi connectivity index (χ4n) is 2.82. The molecule has 0 saturated carbocycles. The maximum Gasteiger partial charge on any atom is 0.321 e. The molecule has 1 heterocycles. The maximum atomic E-state index is 12.1. The maximum absolute atomic E-state index is 12.1. The van der Waals surface area contributed by atoms with Crippen molar-refractivity contribution in [2.24, 2.45) is 5.73 Å². The van der Waals surface area contributed by atoms with Crippen molar-refractivity contribution in [1.29, 1.82) is 0 Å². The van der Waals surface area contributed by atoms with Crippen molar-refractivity contribution in [2.45, 2.75) is 31.8 Å². The summed E-state index contributed by atoms with van der Waals surface area (Å²) in [7, 11) is 0. The Morgan fingerprint density at radius 3 is 2.64 bits per heavy atom. The van der Waals surface area contributed by atoms with Gasteiger partial charge in [-0.1, -0.05) is 30.3 Å². The Morgan fingerprint density at radius 2 is 2.00 bits per heavy atom. The van der Waals surface area contributed by atoms with Gasteiger partial charge in [-0.15, -0.1) is 0 Å². The second kappa shape index (κ2) is 7.38. The summed E-state index contributed by atoms with van der Waals surface area (Å²) in [5, 5.41) is 4.91. The highest BCUT2D eigenvalue weighted by Gasteiger charge is 2.35. The minimum absolute atomic E-state index is 0.0119. The molecule has 22 heavy (non-hydrogen) atoms. The fourth-order valence-corrected chi connectivity index (χ4v) is 2.82. The van der Waals surface area contributed by atoms with Crippen LogP contribution in [0, 0.1) is 0 Å². The number of carbonyl (C=O) groups excluding carboxylic acids is 2. The van der Waals surface area contributed by atoms with E-state index in [1.54, 1.807) is 13.8 Å². The van der Waals surface area contributed by atoms with Gasteiger partial charge in [-0.05, 0) is 19.4 Å². The van der Waals surface area contributed by atoms with Crippen molar-refractivity contribution < 1.29 is 9.59 Å². The van der Waals surface area contributed by atoms with Crippen molar-refractivity contribution in [3.8, 4) is 0 Å². The van der Waals surface area contributed by atoms with Crippen LogP contribution in [0.1, 0.15) is 25.3 Å². The predicted molar refractivity (Wildman–Crippen MR) is 85.4 cm³/mol. The van der Waals surface area contributed by atoms with Crippen molar-refractivity contribution in [3.63, 3.8) is 0 Å². The van der Waals surface area contributed by atoms with Crippen LogP contribution in [-0.2, 0) is 4.79 Å². The van der Waals surface area contributed by atoms with Gasteiger partial charge in [0.1, 0.15) is 0 Å². The van der Waals surface area contributed by atoms with E-state index in [1.165, 1.54) is 5.56 Å². The second-order valence-electron chi connectivity index (χ2n) is 5.66. The number of hydrogen-bond acceptors (Lipinski definition) is 4. The molecule has 3 amide bonds. The van der Waals surface area contributed by atoms with Crippen molar-refractivity contribution >= 4 is 11.9 Å². The van der Waals surface area contributed by atoms with Crippen molar-refractivity contribution in [3.05, 3.63) is 35.9 Å². The van der Waals surface area contributed by atoms with Gasteiger partial charge >= 0.3 is 6.03 Å². The van der Waals surface area contributed by atoms with E-state index in [0.717, 1.165) is 6.54 Å². The molecule has 1 saturated heterocycles. The topological polar surface area (TPSA) is 87.5 Å². The van der Waals surface area contributed by atoms with Gasteiger partial charge in [-0.25, -0.2) is 4.79 Å². The number of imide groups is 1. The third-order valence-electron chi connectivity index (χ3n) is 4.12. The molecule has 3 atom stereocenters. The molecule has 4 N–H and O–H groups in total. The first-order valence-electron chi connectivity index (χ1n) is 7.66. The second-order valence-corrected chi connectivity index (χ2v) is 5.66. The van der Waals surface area contributed by atoms with E-state index >= 15 is 0 Å². The molecule has 6 heteroatoms. The number of urea groups is 1. The van der Waals surface area contributed by atoms with Crippen LogP contribution in [0.4, 0.5) is 4.79 Å². The Balaban J connectivity index is 1.96. The van der Waals surface area contributed by atoms with Gasteiger partial charge in [0, 0.05) is 31.6 Å². The highest BCUT2D eigenvalue weighted by Crippen LogP contribution is 2.27. The molecular formula is C16H24N4O2. The summed E-state index contributed by atoms with van der Waals surface area (Å²) in [6.07, 6.45) is 0. The Hall–Kier alpha value is -1.92. The molecule has 1 fully saturated rings. The SMILES string of the molecule is CCNC(=O)NC(=O)C(C)N1C[C@@H](N)[C@H](c2ccccc2)C1. The molecule has 6 nitrogen and oxygen atoms in total. The monoisotopic (exact) mass is 304 g/mol. The van der Waals surface area contributed by atoms with E-state index < -0.39 is 6.03 Å². The zero-order valence-corrected chi connectivity index (χ0v) is 13.1. The van der Waals surface area contributed by atoms with E-state index in [0.29, 0.717) is 13.1 Å². The highest BCUT2D eigenvalue weighted by atomic mass is 16.2. The van der Waals surface area contributed by atoms with Crippen LogP contribution in [-0.4, -0.2) is 48.6 Å². The molecule has 1 aromatic carbocycles. The van der Waals surface area contributed by atoms with Gasteiger partial charge in [0.05, 0.1) is 6.04 Å². The normalized spacial score (nSPS) is 23.0. The Labute approximate surface area is 131 Å². The number of likely N-dealkylation sites (tertiary alicyclic amines) is 1. The quantitative estimate of drug-likeness (QED) is 0.762. The van der Waals surface area contributed by atoms with Crippen LogP contribution in [0.3, 0.4) is 0 Å². The Bertz CT molecular complexity index is 520. The van der Waals surface area contributed by atoms with Crippen molar-refractivity contribution in [2.75, 3.05) is 19.6 Å². The molecule has 2 rings (SSSR count). The van der Waals surface area contributed by atoms with E-state index in [-0.39, 0.29) is 23.9 Å². The molecule has 1 aliphatic rings. The lowest BCUT2D eigenvalue weighted by Crippen LogP contribution is -2.49. The van der Waals surface area contributed by atoms with Crippen LogP contribution >= 0.6 is 0 Å². The highest BCUT2D eigenvalue weighted by molar-refractivity contribution is 5.96. The summed E-state index contributed by atoms with van der Waals surface area (Å²) in [5.74, 6) is -0.0900. The molecule has 0 aromatic heterocycles. The zero-order chi connectivity index (χ0) is 16.1. The Morgan fingerprint density at radius 1 is 1.32 bits per heavy atom. The third kappa shape index (κ3) is 3.84. The van der Waals surface area contributed by atoms with Crippen LogP contribution in [0.2, 0.25) is 0 Å². The number of amides is 3. The van der Waals surface area contributed by atoms with Gasteiger partial charge in [0.25, 0.3) is 0 Å². The number of rotatable bonds is 4. The summed E-state index contributed by atoms with van der Waals surface area (Å²) >= 11 is 0. The lowest BCUT2D eigenvalue weighted by atomic mass is 9.95. The number of hydrogen-bond donors (Lipinski definition) is 3. The number of nitrogens with zero attached hydrogens (tertiary/aromatic N) is 1. The van der Waals surface area contributed by atoms with Crippen LogP contribution in [0.5, 0.6) is 0 Å². The van der Waals surface area contributed by atoms with Gasteiger partial charge in [0.2, 0.25) is 5.91 Å². The largest absolute Gasteiger partial charge is 0.338 e. The van der Waals surface area contributed by atoms with Crippen LogP contribution in [0.15, 0.2) is 30.3 Å². The van der Waals surface area contributed by atoms with E-state index in [9.17, 15) is 9.59 Å². The number of nitrogens with two attached hydrogens (primary N) is 1. The number of carbonyl (C=O) groups is 2. The van der Waals surface area contributed by atoms with E-state index in [2.05, 4.69) is 22.8 Å². The van der Waals surface area contributed by atoms with Crippen molar-refractivity contribution in [1.82, 2.24) is 15.5 Å². The molecule has 0 aliphatic carbocycles. The molecule has 0 bridgehead atoms. The molecular weight excluding hydrogens is 280 g/mol. The van der Waals surface area contributed by atoms with Gasteiger partial charge < -0.3 is 11.1 Å². The predicted octanol–water partition coefficient (Wildman–Crippen LogP) is 0.647. The first-order valence-corrected chi connectivity index (χ1v) is 7.66. The third-order valence-corrected chi connectivity index (χ3v) is 4.12. The minimum atomic E-state index is -0.456. The zero-order valence-electron chi connectivity index (χ0n) is 13.1. The first-order chi connectivity index (χ1) is 10.5. The number of nitrogens with one attached hydrogen (secondary N) is 2. The average Bonchev–Trinajstić information content (AvgIpc) is 2.89. The van der Waals surface area contributed by atoms with Crippen LogP contribution < -0.4 is 16.4 Å². The summed E-state index contributed by atoms with van der Waals surface area (Å²) in [5.41, 5.74) is 7.42. The van der Waals surface area contributed by atoms with Crippen LogP contribution in [0.25, 0.3) is 0 Å². The smallest absolute Gasteiger partial charge is 0.321 e. The minimum Gasteiger partial charge on any atom is -0.338 e. The lowest BCUT2D eigenvalue weighted by molar-refractivity contribution is -0.124. The fraction of sp³-hybridized carbons (Fsp3) is 0.500. The summed E-state index contributed by atoms with van der Waals surface area (Å²) in [6, 6.07) is 9.24. The van der Waals surface area contributed by atoms with Gasteiger partial charge in [0.15, 0.2) is 0 Å². The number of benzene rings is 1. The summed E-state index contributed by atoms with van der Waals surface area (Å²) < 4.78 is 0. The first kappa shape index (κ1) is 16.5. The standard InChI is InChI=1S/C16H24N4O2/c1-3-18-16(22)19-15(21)11(2)20-9-13(14(17)10-20)12-7-5-4-6-8-12/h4-8,11,13-14H,3,9-10,17H2,1-2H3,(H2,18,19,21,22)/t11?,13-,14+/m0/s1. The van der Waals surface area contributed by atoms with E-state index in [4.69, 9.17) is 5.73 Å². The molecule has 0 radical (unpaired) electrons. The average molecular weight is 304 g/mol.